The van der Waals surface area contributed by atoms with E-state index in [1.807, 2.05) is 24.3 Å². The molecule has 0 spiro atoms. The zero-order valence-corrected chi connectivity index (χ0v) is 20.5. The van der Waals surface area contributed by atoms with Crippen LogP contribution in [0.4, 0.5) is 0 Å². The lowest BCUT2D eigenvalue weighted by Crippen LogP contribution is -2.59. The van der Waals surface area contributed by atoms with Crippen LogP contribution in [0, 0.1) is 5.92 Å². The van der Waals surface area contributed by atoms with Crippen molar-refractivity contribution in [3.8, 4) is 0 Å². The van der Waals surface area contributed by atoms with Crippen LogP contribution in [-0.2, 0) is 30.4 Å². The van der Waals surface area contributed by atoms with E-state index in [0.717, 1.165) is 16.5 Å². The first-order valence-corrected chi connectivity index (χ1v) is 11.7. The number of nitrogens with one attached hydrogen (secondary N) is 4. The number of carbonyl (C=O) groups is 5. The maximum Gasteiger partial charge on any atom is 0.325 e. The fourth-order valence-electron chi connectivity index (χ4n) is 3.64. The Bertz CT molecular complexity index is 1120. The molecule has 0 radical (unpaired) electrons. The van der Waals surface area contributed by atoms with Gasteiger partial charge in [0.05, 0.1) is 12.5 Å². The molecule has 2 rings (SSSR count). The monoisotopic (exact) mass is 502 g/mol. The molecule has 0 bridgehead atoms. The normalized spacial score (nSPS) is 15.2. The maximum absolute atomic E-state index is 13.0. The van der Waals surface area contributed by atoms with Crippen LogP contribution < -0.4 is 27.4 Å². The molecule has 4 amide bonds. The van der Waals surface area contributed by atoms with Crippen molar-refractivity contribution in [2.24, 2.45) is 17.4 Å². The van der Waals surface area contributed by atoms with E-state index in [2.05, 4.69) is 20.9 Å². The lowest BCUT2D eigenvalue weighted by Gasteiger charge is -2.27. The van der Waals surface area contributed by atoms with Crippen LogP contribution >= 0.6 is 0 Å². The third kappa shape index (κ3) is 7.54. The Hall–Kier alpha value is -3.93. The highest BCUT2D eigenvalue weighted by Gasteiger charge is 2.32. The molecule has 0 saturated heterocycles. The van der Waals surface area contributed by atoms with E-state index >= 15 is 0 Å². The first kappa shape index (κ1) is 28.3. The first-order valence-electron chi connectivity index (χ1n) is 11.7. The summed E-state index contributed by atoms with van der Waals surface area (Å²) < 4.78 is 0. The summed E-state index contributed by atoms with van der Waals surface area (Å²) in [5.74, 6) is -4.64. The Morgan fingerprint density at radius 1 is 1.00 bits per heavy atom. The number of carboxylic acid groups (broad SMARTS) is 1. The van der Waals surface area contributed by atoms with E-state index in [4.69, 9.17) is 16.6 Å². The minimum Gasteiger partial charge on any atom is -0.480 e. The van der Waals surface area contributed by atoms with Crippen LogP contribution in [0.1, 0.15) is 39.2 Å². The number of rotatable bonds is 13. The number of nitrogens with two attached hydrogens (primary N) is 2. The van der Waals surface area contributed by atoms with E-state index in [1.54, 1.807) is 20.0 Å². The standard InChI is InChI=1S/C24H34N6O6/c1-4-12(2)20(23(34)28-13(3)24(35)36)30-22(33)18(10-19(26)31)29-21(32)16(25)9-14-11-27-17-8-6-5-7-15(14)17/h5-8,11-13,16,18,20,27H,4,9-10,25H2,1-3H3,(H2,26,31)(H,28,34)(H,29,32)(H,30,33)(H,35,36). The molecule has 196 valence electrons. The number of aromatic amines is 1. The summed E-state index contributed by atoms with van der Waals surface area (Å²) in [4.78, 5) is 64.3. The van der Waals surface area contributed by atoms with Crippen LogP contribution in [0.15, 0.2) is 30.5 Å². The first-order chi connectivity index (χ1) is 16.9. The van der Waals surface area contributed by atoms with Gasteiger partial charge in [-0.15, -0.1) is 0 Å². The average molecular weight is 503 g/mol. The van der Waals surface area contributed by atoms with E-state index in [-0.39, 0.29) is 12.3 Å². The molecule has 0 aliphatic heterocycles. The molecule has 9 N–H and O–H groups in total. The van der Waals surface area contributed by atoms with Gasteiger partial charge in [-0.25, -0.2) is 0 Å². The number of H-pyrrole nitrogens is 1. The van der Waals surface area contributed by atoms with Crippen molar-refractivity contribution in [3.05, 3.63) is 36.0 Å². The second kappa shape index (κ2) is 12.7. The summed E-state index contributed by atoms with van der Waals surface area (Å²) in [5.41, 5.74) is 13.1. The molecule has 2 aromatic rings. The van der Waals surface area contributed by atoms with Gasteiger partial charge in [-0.2, -0.15) is 0 Å². The molecule has 1 heterocycles. The third-order valence-electron chi connectivity index (χ3n) is 6.01. The number of fused-ring (bicyclic) bond motifs is 1. The van der Waals surface area contributed by atoms with Gasteiger partial charge in [0, 0.05) is 17.1 Å². The van der Waals surface area contributed by atoms with Gasteiger partial charge in [-0.1, -0.05) is 38.5 Å². The van der Waals surface area contributed by atoms with Gasteiger partial charge >= 0.3 is 5.97 Å². The van der Waals surface area contributed by atoms with Crippen LogP contribution in [0.5, 0.6) is 0 Å². The average Bonchev–Trinajstić information content (AvgIpc) is 3.23. The van der Waals surface area contributed by atoms with Gasteiger partial charge in [0.1, 0.15) is 18.1 Å². The molecule has 0 aliphatic rings. The zero-order chi connectivity index (χ0) is 27.0. The van der Waals surface area contributed by atoms with Crippen molar-refractivity contribution >= 4 is 40.5 Å². The summed E-state index contributed by atoms with van der Waals surface area (Å²) in [6.07, 6.45) is 1.89. The molecule has 1 aromatic heterocycles. The highest BCUT2D eigenvalue weighted by molar-refractivity contribution is 5.96. The van der Waals surface area contributed by atoms with Crippen molar-refractivity contribution in [2.45, 2.75) is 64.2 Å². The number of carbonyl (C=O) groups excluding carboxylic acids is 4. The van der Waals surface area contributed by atoms with Gasteiger partial charge < -0.3 is 37.5 Å². The van der Waals surface area contributed by atoms with Crippen molar-refractivity contribution in [1.29, 1.82) is 0 Å². The molecule has 36 heavy (non-hydrogen) atoms. The number of carboxylic acids is 1. The fraction of sp³-hybridized carbons (Fsp3) is 0.458. The maximum atomic E-state index is 13.0. The van der Waals surface area contributed by atoms with E-state index in [9.17, 15) is 24.0 Å². The summed E-state index contributed by atoms with van der Waals surface area (Å²) >= 11 is 0. The molecule has 0 saturated carbocycles. The summed E-state index contributed by atoms with van der Waals surface area (Å²) in [5, 5.41) is 17.3. The molecular formula is C24H34N6O6. The predicted molar refractivity (Wildman–Crippen MR) is 132 cm³/mol. The minimum atomic E-state index is -1.37. The highest BCUT2D eigenvalue weighted by atomic mass is 16.4. The zero-order valence-electron chi connectivity index (χ0n) is 20.5. The third-order valence-corrected chi connectivity index (χ3v) is 6.01. The fourth-order valence-corrected chi connectivity index (χ4v) is 3.64. The van der Waals surface area contributed by atoms with E-state index in [1.165, 1.54) is 6.92 Å². The quantitative estimate of drug-likeness (QED) is 0.191. The van der Waals surface area contributed by atoms with Gasteiger partial charge in [0.15, 0.2) is 0 Å². The summed E-state index contributed by atoms with van der Waals surface area (Å²) in [7, 11) is 0. The lowest BCUT2D eigenvalue weighted by molar-refractivity contribution is -0.142. The number of aromatic nitrogens is 1. The molecule has 5 atom stereocenters. The van der Waals surface area contributed by atoms with E-state index < -0.39 is 60.2 Å². The molecule has 1 aromatic carbocycles. The second-order valence-electron chi connectivity index (χ2n) is 8.84. The van der Waals surface area contributed by atoms with Gasteiger partial charge in [-0.3, -0.25) is 24.0 Å². The minimum absolute atomic E-state index is 0.172. The molecule has 5 unspecified atom stereocenters. The topological polar surface area (TPSA) is 209 Å². The number of primary amides is 1. The Morgan fingerprint density at radius 3 is 2.28 bits per heavy atom. The lowest BCUT2D eigenvalue weighted by atomic mass is 9.97. The van der Waals surface area contributed by atoms with Crippen molar-refractivity contribution in [3.63, 3.8) is 0 Å². The number of hydrogen-bond donors (Lipinski definition) is 7. The Morgan fingerprint density at radius 2 is 1.67 bits per heavy atom. The summed E-state index contributed by atoms with van der Waals surface area (Å²) in [6.45, 7) is 4.79. The van der Waals surface area contributed by atoms with Crippen LogP contribution in [0.25, 0.3) is 10.9 Å². The Balaban J connectivity index is 2.13. The Labute approximate surface area is 208 Å². The van der Waals surface area contributed by atoms with Gasteiger partial charge in [0.25, 0.3) is 0 Å². The number of benzene rings is 1. The van der Waals surface area contributed by atoms with Crippen LogP contribution in [0.2, 0.25) is 0 Å². The van der Waals surface area contributed by atoms with Crippen molar-refractivity contribution in [2.75, 3.05) is 0 Å². The second-order valence-corrected chi connectivity index (χ2v) is 8.84. The molecule has 12 nitrogen and oxygen atoms in total. The number of aliphatic carboxylic acids is 1. The number of para-hydroxylation sites is 1. The smallest absolute Gasteiger partial charge is 0.325 e. The molecule has 0 fully saturated rings. The summed E-state index contributed by atoms with van der Waals surface area (Å²) in [6, 6.07) is 2.83. The molecule has 0 aliphatic carbocycles. The number of hydrogen-bond acceptors (Lipinski definition) is 6. The van der Waals surface area contributed by atoms with Crippen LogP contribution in [-0.4, -0.2) is 63.9 Å². The van der Waals surface area contributed by atoms with Gasteiger partial charge in [0.2, 0.25) is 23.6 Å². The highest BCUT2D eigenvalue weighted by Crippen LogP contribution is 2.19. The van der Waals surface area contributed by atoms with Gasteiger partial charge in [-0.05, 0) is 30.9 Å². The van der Waals surface area contributed by atoms with Crippen molar-refractivity contribution in [1.82, 2.24) is 20.9 Å². The predicted octanol–water partition coefficient (Wildman–Crippen LogP) is -0.482. The SMILES string of the molecule is CCC(C)C(NC(=O)C(CC(N)=O)NC(=O)C(N)Cc1c[nH]c2ccccc12)C(=O)NC(C)C(=O)O. The molecular weight excluding hydrogens is 468 g/mol. The van der Waals surface area contributed by atoms with E-state index in [0.29, 0.717) is 6.42 Å². The Kier molecular flexibility index (Phi) is 9.97. The number of amides is 4. The van der Waals surface area contributed by atoms with Crippen molar-refractivity contribution < 1.29 is 29.1 Å². The van der Waals surface area contributed by atoms with Crippen LogP contribution in [0.3, 0.4) is 0 Å². The molecule has 12 heteroatoms. The largest absolute Gasteiger partial charge is 0.480 e.